The predicted octanol–water partition coefficient (Wildman–Crippen LogP) is 2.98. The Morgan fingerprint density at radius 2 is 1.93 bits per heavy atom. The molecular formula is C19H29F2IN4O3. The summed E-state index contributed by atoms with van der Waals surface area (Å²) in [5.41, 5.74) is 0.771. The second-order valence-electron chi connectivity index (χ2n) is 6.23. The van der Waals surface area contributed by atoms with E-state index in [1.807, 2.05) is 11.8 Å². The number of carbonyl (C=O) groups is 1. The Labute approximate surface area is 187 Å². The van der Waals surface area contributed by atoms with Crippen molar-refractivity contribution in [3.8, 4) is 11.5 Å². The quantitative estimate of drug-likeness (QED) is 0.294. The number of hydrogen-bond donors (Lipinski definition) is 2. The number of likely N-dealkylation sites (tertiary alicyclic amines) is 1. The van der Waals surface area contributed by atoms with Crippen molar-refractivity contribution in [2.24, 2.45) is 4.99 Å². The molecule has 0 atom stereocenters. The Kier molecular flexibility index (Phi) is 11.6. The SMILES string of the molecule is CCNC(=NCc1ccc(OC(F)F)c(OCC)c1)NCC(=O)N1CCCC1.I. The van der Waals surface area contributed by atoms with Gasteiger partial charge in [-0.3, -0.25) is 4.79 Å². The van der Waals surface area contributed by atoms with Gasteiger partial charge in [0.2, 0.25) is 5.91 Å². The van der Waals surface area contributed by atoms with Gasteiger partial charge in [-0.1, -0.05) is 6.07 Å². The molecule has 29 heavy (non-hydrogen) atoms. The maximum atomic E-state index is 12.5. The van der Waals surface area contributed by atoms with E-state index >= 15 is 0 Å². The lowest BCUT2D eigenvalue weighted by atomic mass is 10.2. The molecule has 1 aliphatic rings. The molecule has 1 amide bonds. The molecule has 7 nitrogen and oxygen atoms in total. The minimum absolute atomic E-state index is 0. The molecule has 2 rings (SSSR count). The van der Waals surface area contributed by atoms with E-state index < -0.39 is 6.61 Å². The number of carbonyl (C=O) groups excluding carboxylic acids is 1. The maximum absolute atomic E-state index is 12.5. The summed E-state index contributed by atoms with van der Waals surface area (Å²) in [6, 6.07) is 4.73. The van der Waals surface area contributed by atoms with Gasteiger partial charge >= 0.3 is 6.61 Å². The van der Waals surface area contributed by atoms with Crippen molar-refractivity contribution in [2.45, 2.75) is 39.8 Å². The van der Waals surface area contributed by atoms with Crippen LogP contribution in [0.5, 0.6) is 11.5 Å². The molecule has 0 spiro atoms. The molecule has 1 heterocycles. The number of ether oxygens (including phenoxy) is 2. The second-order valence-corrected chi connectivity index (χ2v) is 6.23. The first-order chi connectivity index (χ1) is 13.5. The Morgan fingerprint density at radius 3 is 2.55 bits per heavy atom. The number of alkyl halides is 2. The summed E-state index contributed by atoms with van der Waals surface area (Å²) in [5.74, 6) is 0.805. The van der Waals surface area contributed by atoms with Gasteiger partial charge in [0.15, 0.2) is 17.5 Å². The fraction of sp³-hybridized carbons (Fsp3) is 0.579. The van der Waals surface area contributed by atoms with Gasteiger partial charge in [0.25, 0.3) is 0 Å². The maximum Gasteiger partial charge on any atom is 0.387 e. The first-order valence-corrected chi connectivity index (χ1v) is 9.54. The first kappa shape index (κ1) is 25.2. The normalized spacial score (nSPS) is 13.8. The molecule has 0 radical (unpaired) electrons. The first-order valence-electron chi connectivity index (χ1n) is 9.54. The number of amides is 1. The number of guanidine groups is 1. The average molecular weight is 526 g/mol. The summed E-state index contributed by atoms with van der Waals surface area (Å²) in [4.78, 5) is 18.5. The van der Waals surface area contributed by atoms with Crippen LogP contribution < -0.4 is 20.1 Å². The smallest absolute Gasteiger partial charge is 0.387 e. The second kappa shape index (κ2) is 13.4. The van der Waals surface area contributed by atoms with Crippen molar-refractivity contribution in [3.63, 3.8) is 0 Å². The summed E-state index contributed by atoms with van der Waals surface area (Å²) in [7, 11) is 0. The third-order valence-electron chi connectivity index (χ3n) is 4.15. The number of nitrogens with zero attached hydrogens (tertiary/aromatic N) is 2. The molecule has 0 bridgehead atoms. The number of rotatable bonds is 9. The molecule has 0 aliphatic carbocycles. The average Bonchev–Trinajstić information content (AvgIpc) is 3.20. The van der Waals surface area contributed by atoms with Crippen molar-refractivity contribution in [1.29, 1.82) is 0 Å². The Hall–Kier alpha value is -1.85. The monoisotopic (exact) mass is 526 g/mol. The lowest BCUT2D eigenvalue weighted by Crippen LogP contribution is -2.44. The molecule has 0 unspecified atom stereocenters. The molecule has 0 saturated carbocycles. The third kappa shape index (κ3) is 8.58. The molecule has 2 N–H and O–H groups in total. The molecule has 164 valence electrons. The zero-order chi connectivity index (χ0) is 20.4. The van der Waals surface area contributed by atoms with Crippen molar-refractivity contribution in [3.05, 3.63) is 23.8 Å². The van der Waals surface area contributed by atoms with E-state index in [1.165, 1.54) is 6.07 Å². The van der Waals surface area contributed by atoms with Gasteiger partial charge in [-0.05, 0) is 44.4 Å². The van der Waals surface area contributed by atoms with Crippen LogP contribution >= 0.6 is 24.0 Å². The van der Waals surface area contributed by atoms with E-state index in [2.05, 4.69) is 20.4 Å². The highest BCUT2D eigenvalue weighted by atomic mass is 127. The van der Waals surface area contributed by atoms with E-state index in [1.54, 1.807) is 19.1 Å². The summed E-state index contributed by atoms with van der Waals surface area (Å²) in [6.45, 7) is 3.85. The fourth-order valence-electron chi connectivity index (χ4n) is 2.86. The van der Waals surface area contributed by atoms with Crippen molar-refractivity contribution >= 4 is 35.8 Å². The van der Waals surface area contributed by atoms with Crippen LogP contribution in [0, 0.1) is 0 Å². The lowest BCUT2D eigenvalue weighted by Gasteiger charge is -2.17. The summed E-state index contributed by atoms with van der Waals surface area (Å²) in [5, 5.41) is 6.13. The van der Waals surface area contributed by atoms with E-state index in [0.29, 0.717) is 25.7 Å². The van der Waals surface area contributed by atoms with Crippen LogP contribution in [0.25, 0.3) is 0 Å². The van der Waals surface area contributed by atoms with Crippen LogP contribution in [0.4, 0.5) is 8.78 Å². The van der Waals surface area contributed by atoms with Crippen LogP contribution in [0.1, 0.15) is 32.3 Å². The highest BCUT2D eigenvalue weighted by molar-refractivity contribution is 14.0. The summed E-state index contributed by atoms with van der Waals surface area (Å²) in [6.07, 6.45) is 2.10. The minimum Gasteiger partial charge on any atom is -0.490 e. The van der Waals surface area contributed by atoms with Crippen molar-refractivity contribution < 1.29 is 23.0 Å². The van der Waals surface area contributed by atoms with Crippen LogP contribution in [0.2, 0.25) is 0 Å². The van der Waals surface area contributed by atoms with Gasteiger partial charge in [0, 0.05) is 19.6 Å². The van der Waals surface area contributed by atoms with Crippen molar-refractivity contribution in [2.75, 3.05) is 32.8 Å². The number of aliphatic imine (C=N–C) groups is 1. The van der Waals surface area contributed by atoms with Gasteiger partial charge in [0.05, 0.1) is 19.7 Å². The number of hydrogen-bond acceptors (Lipinski definition) is 4. The Bertz CT molecular complexity index is 671. The molecule has 1 fully saturated rings. The van der Waals surface area contributed by atoms with Crippen LogP contribution in [-0.4, -0.2) is 56.2 Å². The van der Waals surface area contributed by atoms with Crippen LogP contribution in [-0.2, 0) is 11.3 Å². The molecule has 1 aromatic carbocycles. The van der Waals surface area contributed by atoms with Gasteiger partial charge in [-0.25, -0.2) is 4.99 Å². The van der Waals surface area contributed by atoms with Crippen LogP contribution in [0.3, 0.4) is 0 Å². The fourth-order valence-corrected chi connectivity index (χ4v) is 2.86. The van der Waals surface area contributed by atoms with Gasteiger partial charge in [-0.2, -0.15) is 8.78 Å². The van der Waals surface area contributed by atoms with E-state index in [0.717, 1.165) is 31.5 Å². The van der Waals surface area contributed by atoms with Crippen LogP contribution in [0.15, 0.2) is 23.2 Å². The number of nitrogens with one attached hydrogen (secondary N) is 2. The highest BCUT2D eigenvalue weighted by Gasteiger charge is 2.17. The van der Waals surface area contributed by atoms with Gasteiger partial charge in [-0.15, -0.1) is 24.0 Å². The van der Waals surface area contributed by atoms with E-state index in [-0.39, 0.29) is 47.9 Å². The minimum atomic E-state index is -2.92. The largest absolute Gasteiger partial charge is 0.490 e. The number of benzene rings is 1. The zero-order valence-corrected chi connectivity index (χ0v) is 19.1. The topological polar surface area (TPSA) is 75.2 Å². The number of halogens is 3. The molecule has 1 aromatic rings. The molecule has 1 saturated heterocycles. The van der Waals surface area contributed by atoms with Crippen molar-refractivity contribution in [1.82, 2.24) is 15.5 Å². The molecular weight excluding hydrogens is 497 g/mol. The highest BCUT2D eigenvalue weighted by Crippen LogP contribution is 2.30. The third-order valence-corrected chi connectivity index (χ3v) is 4.15. The summed E-state index contributed by atoms with van der Waals surface area (Å²) < 4.78 is 34.8. The van der Waals surface area contributed by atoms with E-state index in [9.17, 15) is 13.6 Å². The Balaban J connectivity index is 0.00000420. The standard InChI is InChI=1S/C19H28F2N4O3.HI/c1-3-22-19(24-13-17(26)25-9-5-6-10-25)23-12-14-7-8-15(28-18(20)21)16(11-14)27-4-2;/h7-8,11,18H,3-6,9-10,12-13H2,1-2H3,(H2,22,23,24);1H. The zero-order valence-electron chi connectivity index (χ0n) is 16.7. The molecule has 10 heteroatoms. The lowest BCUT2D eigenvalue weighted by molar-refractivity contribution is -0.128. The molecule has 0 aromatic heterocycles. The van der Waals surface area contributed by atoms with Gasteiger partial charge in [0.1, 0.15) is 0 Å². The summed E-state index contributed by atoms with van der Waals surface area (Å²) >= 11 is 0. The Morgan fingerprint density at radius 1 is 1.21 bits per heavy atom. The van der Waals surface area contributed by atoms with E-state index in [4.69, 9.17) is 4.74 Å². The van der Waals surface area contributed by atoms with Gasteiger partial charge < -0.3 is 25.0 Å². The molecule has 1 aliphatic heterocycles. The predicted molar refractivity (Wildman–Crippen MR) is 118 cm³/mol.